The molecule has 182 valence electrons. The number of carbonyl (C=O) groups excluding carboxylic acids is 1. The van der Waals surface area contributed by atoms with Crippen molar-refractivity contribution in [3.05, 3.63) is 59.2 Å². The molecular formula is C24H27F3N2O3SSi. The number of nitrogens with zero attached hydrogens (tertiary/aromatic N) is 2. The summed E-state index contributed by atoms with van der Waals surface area (Å²) in [6.45, 7) is 7.82. The zero-order valence-corrected chi connectivity index (χ0v) is 21.3. The Hall–Kier alpha value is -2.77. The molecule has 10 heteroatoms. The van der Waals surface area contributed by atoms with E-state index in [1.54, 1.807) is 11.0 Å². The Labute approximate surface area is 199 Å². The zero-order valence-electron chi connectivity index (χ0n) is 19.5. The maximum atomic E-state index is 13.4. The average Bonchev–Trinajstić information content (AvgIpc) is 2.75. The van der Waals surface area contributed by atoms with Crippen LogP contribution in [0.3, 0.4) is 0 Å². The van der Waals surface area contributed by atoms with E-state index in [4.69, 9.17) is 0 Å². The summed E-state index contributed by atoms with van der Waals surface area (Å²) < 4.78 is 62.6. The number of anilines is 1. The van der Waals surface area contributed by atoms with Crippen molar-refractivity contribution in [3.8, 4) is 11.5 Å². The number of amides is 1. The number of benzene rings is 2. The van der Waals surface area contributed by atoms with Crippen LogP contribution in [0.15, 0.2) is 47.4 Å². The highest BCUT2D eigenvalue weighted by molar-refractivity contribution is 7.90. The van der Waals surface area contributed by atoms with Gasteiger partial charge in [0.25, 0.3) is 5.91 Å². The molecule has 3 rings (SSSR count). The maximum absolute atomic E-state index is 13.4. The van der Waals surface area contributed by atoms with E-state index in [-0.39, 0.29) is 16.4 Å². The lowest BCUT2D eigenvalue weighted by Crippen LogP contribution is -2.49. The molecule has 0 atom stereocenters. The Balaban J connectivity index is 1.81. The Morgan fingerprint density at radius 3 is 2.06 bits per heavy atom. The lowest BCUT2D eigenvalue weighted by molar-refractivity contribution is -0.137. The van der Waals surface area contributed by atoms with Crippen molar-refractivity contribution in [1.82, 2.24) is 4.90 Å². The molecule has 2 aromatic rings. The van der Waals surface area contributed by atoms with Gasteiger partial charge in [0.1, 0.15) is 8.07 Å². The summed E-state index contributed by atoms with van der Waals surface area (Å²) in [5.74, 6) is 2.76. The van der Waals surface area contributed by atoms with E-state index in [2.05, 4.69) is 31.1 Å². The van der Waals surface area contributed by atoms with Gasteiger partial charge in [0, 0.05) is 43.7 Å². The molecule has 0 N–H and O–H groups in total. The number of carbonyl (C=O) groups is 1. The molecule has 1 aliphatic rings. The van der Waals surface area contributed by atoms with Crippen LogP contribution < -0.4 is 4.90 Å². The van der Waals surface area contributed by atoms with Crippen LogP contribution >= 0.6 is 0 Å². The van der Waals surface area contributed by atoms with Crippen molar-refractivity contribution < 1.29 is 26.4 Å². The fraction of sp³-hybridized carbons (Fsp3) is 0.375. The molecule has 0 unspecified atom stereocenters. The third-order valence-corrected chi connectivity index (χ3v) is 7.33. The number of halogens is 3. The molecule has 1 aliphatic heterocycles. The molecule has 0 bridgehead atoms. The first kappa shape index (κ1) is 25.8. The fourth-order valence-corrected chi connectivity index (χ4v) is 4.65. The Morgan fingerprint density at radius 1 is 0.971 bits per heavy atom. The molecule has 1 amide bonds. The van der Waals surface area contributed by atoms with Crippen LogP contribution in [0, 0.1) is 11.5 Å². The molecule has 5 nitrogen and oxygen atoms in total. The zero-order chi connectivity index (χ0) is 25.3. The number of hydrogen-bond acceptors (Lipinski definition) is 4. The molecule has 0 aliphatic carbocycles. The highest BCUT2D eigenvalue weighted by atomic mass is 32.2. The Morgan fingerprint density at radius 2 is 1.56 bits per heavy atom. The van der Waals surface area contributed by atoms with Crippen molar-refractivity contribution in [3.63, 3.8) is 0 Å². The number of alkyl halides is 3. The minimum Gasteiger partial charge on any atom is -0.368 e. The lowest BCUT2D eigenvalue weighted by atomic mass is 10.1. The average molecular weight is 509 g/mol. The highest BCUT2D eigenvalue weighted by Crippen LogP contribution is 2.31. The highest BCUT2D eigenvalue weighted by Gasteiger charge is 2.30. The predicted octanol–water partition coefficient (Wildman–Crippen LogP) is 4.30. The summed E-state index contributed by atoms with van der Waals surface area (Å²) in [4.78, 5) is 17.0. The largest absolute Gasteiger partial charge is 0.416 e. The summed E-state index contributed by atoms with van der Waals surface area (Å²) in [6, 6.07) is 9.38. The first-order valence-electron chi connectivity index (χ1n) is 10.7. The standard InChI is InChI=1S/C24H27F3N2O3SSi/c1-33(31,32)21-10-5-18(11-16-34(2,3)4)22(17-21)23(30)29-14-12-28(13-15-29)20-8-6-19(7-9-20)24(25,26)27/h5-10,17H,12-15H2,1-4H3. The summed E-state index contributed by atoms with van der Waals surface area (Å²) in [5, 5.41) is 0. The second kappa shape index (κ2) is 9.47. The van der Waals surface area contributed by atoms with Gasteiger partial charge in [-0.1, -0.05) is 25.6 Å². The van der Waals surface area contributed by atoms with Crippen LogP contribution in [0.25, 0.3) is 0 Å². The van der Waals surface area contributed by atoms with Gasteiger partial charge in [0.05, 0.1) is 16.0 Å². The van der Waals surface area contributed by atoms with Crippen molar-refractivity contribution in [2.45, 2.75) is 30.7 Å². The van der Waals surface area contributed by atoms with Gasteiger partial charge in [0.2, 0.25) is 0 Å². The summed E-state index contributed by atoms with van der Waals surface area (Å²) in [7, 11) is -5.24. The SMILES string of the molecule is C[Si](C)(C)C#Cc1ccc(S(C)(=O)=O)cc1C(=O)N1CCN(c2ccc(C(F)(F)F)cc2)CC1. The van der Waals surface area contributed by atoms with Crippen LogP contribution in [0.5, 0.6) is 0 Å². The van der Waals surface area contributed by atoms with Crippen molar-refractivity contribution in [1.29, 1.82) is 0 Å². The summed E-state index contributed by atoms with van der Waals surface area (Å²) in [6.07, 6.45) is -3.30. The van der Waals surface area contributed by atoms with Crippen LogP contribution in [0.4, 0.5) is 18.9 Å². The van der Waals surface area contributed by atoms with Crippen LogP contribution in [0.1, 0.15) is 21.5 Å². The third-order valence-electron chi connectivity index (χ3n) is 5.35. The van der Waals surface area contributed by atoms with Crippen molar-refractivity contribution in [2.24, 2.45) is 0 Å². The fourth-order valence-electron chi connectivity index (χ4n) is 3.49. The van der Waals surface area contributed by atoms with E-state index in [1.165, 1.54) is 24.3 Å². The molecule has 0 saturated carbocycles. The third kappa shape index (κ3) is 6.42. The second-order valence-electron chi connectivity index (χ2n) is 9.30. The molecule has 1 heterocycles. The van der Waals surface area contributed by atoms with Gasteiger partial charge in [-0.2, -0.15) is 13.2 Å². The van der Waals surface area contributed by atoms with Crippen LogP contribution in [-0.2, 0) is 16.0 Å². The van der Waals surface area contributed by atoms with E-state index in [9.17, 15) is 26.4 Å². The summed E-state index contributed by atoms with van der Waals surface area (Å²) in [5.41, 5.74) is 3.90. The van der Waals surface area contributed by atoms with E-state index in [0.717, 1.165) is 18.4 Å². The Kier molecular flexibility index (Phi) is 7.19. The van der Waals surface area contributed by atoms with Crippen LogP contribution in [-0.4, -0.2) is 59.7 Å². The van der Waals surface area contributed by atoms with Gasteiger partial charge in [0.15, 0.2) is 9.84 Å². The molecule has 34 heavy (non-hydrogen) atoms. The number of sulfone groups is 1. The Bertz CT molecular complexity index is 1230. The molecule has 0 radical (unpaired) electrons. The predicted molar refractivity (Wildman–Crippen MR) is 129 cm³/mol. The van der Waals surface area contributed by atoms with Crippen molar-refractivity contribution in [2.75, 3.05) is 37.3 Å². The minimum absolute atomic E-state index is 0.0535. The smallest absolute Gasteiger partial charge is 0.368 e. The normalized spacial score (nSPS) is 15.0. The number of hydrogen-bond donors (Lipinski definition) is 0. The van der Waals surface area contributed by atoms with Gasteiger partial charge in [-0.3, -0.25) is 4.79 Å². The first-order chi connectivity index (χ1) is 15.6. The molecule has 1 saturated heterocycles. The first-order valence-corrected chi connectivity index (χ1v) is 16.1. The van der Waals surface area contributed by atoms with E-state index >= 15 is 0 Å². The van der Waals surface area contributed by atoms with E-state index in [0.29, 0.717) is 37.4 Å². The number of rotatable bonds is 3. The van der Waals surface area contributed by atoms with Gasteiger partial charge in [-0.15, -0.1) is 5.54 Å². The van der Waals surface area contributed by atoms with Crippen molar-refractivity contribution >= 4 is 29.5 Å². The monoisotopic (exact) mass is 508 g/mol. The molecule has 0 aromatic heterocycles. The molecular weight excluding hydrogens is 481 g/mol. The lowest BCUT2D eigenvalue weighted by Gasteiger charge is -2.36. The van der Waals surface area contributed by atoms with Crippen LogP contribution in [0.2, 0.25) is 19.6 Å². The second-order valence-corrected chi connectivity index (χ2v) is 16.1. The molecule has 1 fully saturated rings. The summed E-state index contributed by atoms with van der Waals surface area (Å²) >= 11 is 0. The molecule has 0 spiro atoms. The van der Waals surface area contributed by atoms with E-state index in [1.807, 2.05) is 4.90 Å². The molecule has 2 aromatic carbocycles. The number of piperazine rings is 1. The maximum Gasteiger partial charge on any atom is 0.416 e. The quantitative estimate of drug-likeness (QED) is 0.458. The van der Waals surface area contributed by atoms with E-state index < -0.39 is 29.7 Å². The topological polar surface area (TPSA) is 57.7 Å². The van der Waals surface area contributed by atoms with Gasteiger partial charge >= 0.3 is 6.18 Å². The van der Waals surface area contributed by atoms with Gasteiger partial charge in [-0.25, -0.2) is 8.42 Å². The van der Waals surface area contributed by atoms with Gasteiger partial charge in [-0.05, 0) is 42.5 Å². The minimum atomic E-state index is -4.39. The van der Waals surface area contributed by atoms with Gasteiger partial charge < -0.3 is 9.80 Å².